The van der Waals surface area contributed by atoms with E-state index in [4.69, 9.17) is 0 Å². The highest BCUT2D eigenvalue weighted by atomic mass is 127. The van der Waals surface area contributed by atoms with Gasteiger partial charge in [-0.2, -0.15) is 0 Å². The van der Waals surface area contributed by atoms with Crippen LogP contribution >= 0.6 is 49.9 Å². The van der Waals surface area contributed by atoms with Crippen LogP contribution in [0.3, 0.4) is 0 Å². The molecule has 1 atom stereocenters. The van der Waals surface area contributed by atoms with Crippen molar-refractivity contribution in [2.45, 2.75) is 26.3 Å². The number of thiophene rings is 1. The van der Waals surface area contributed by atoms with E-state index >= 15 is 0 Å². The number of hydrogen-bond donors (Lipinski definition) is 1. The van der Waals surface area contributed by atoms with Crippen molar-refractivity contribution in [1.29, 1.82) is 0 Å². The van der Waals surface area contributed by atoms with Crippen LogP contribution in [-0.2, 0) is 0 Å². The summed E-state index contributed by atoms with van der Waals surface area (Å²) in [5.74, 6) is -0.186. The summed E-state index contributed by atoms with van der Waals surface area (Å²) >= 11 is 7.62. The number of aryl methyl sites for hydroxylation is 1. The van der Waals surface area contributed by atoms with Crippen LogP contribution < -0.4 is 5.32 Å². The highest BCUT2D eigenvalue weighted by Gasteiger charge is 2.21. The van der Waals surface area contributed by atoms with Gasteiger partial charge < -0.3 is 5.32 Å². The van der Waals surface area contributed by atoms with Crippen molar-refractivity contribution in [3.63, 3.8) is 0 Å². The van der Waals surface area contributed by atoms with E-state index in [9.17, 15) is 4.39 Å². The highest BCUT2D eigenvalue weighted by molar-refractivity contribution is 14.1. The summed E-state index contributed by atoms with van der Waals surface area (Å²) in [4.78, 5) is 2.52. The van der Waals surface area contributed by atoms with E-state index < -0.39 is 0 Å². The Balaban J connectivity index is 2.44. The lowest BCUT2D eigenvalue weighted by Gasteiger charge is -2.20. The monoisotopic (exact) mass is 467 g/mol. The number of nitrogens with one attached hydrogen (secondary N) is 1. The van der Waals surface area contributed by atoms with Gasteiger partial charge in [-0.25, -0.2) is 4.39 Å². The summed E-state index contributed by atoms with van der Waals surface area (Å²) in [6, 6.07) is 7.25. The maximum absolute atomic E-state index is 13.3. The van der Waals surface area contributed by atoms with Gasteiger partial charge in [-0.05, 0) is 82.2 Å². The second-order valence-electron chi connectivity index (χ2n) is 4.62. The molecule has 1 N–H and O–H groups in total. The first-order chi connectivity index (χ1) is 9.52. The maximum atomic E-state index is 13.3. The Hall–Kier alpha value is 0.0200. The third-order valence-corrected chi connectivity index (χ3v) is 5.94. The molecule has 1 unspecified atom stereocenters. The molecule has 108 valence electrons. The normalized spacial score (nSPS) is 12.7. The molecule has 5 heteroatoms. The van der Waals surface area contributed by atoms with Gasteiger partial charge in [-0.1, -0.05) is 13.0 Å². The van der Waals surface area contributed by atoms with Gasteiger partial charge >= 0.3 is 0 Å². The summed E-state index contributed by atoms with van der Waals surface area (Å²) in [5, 5.41) is 3.57. The topological polar surface area (TPSA) is 12.0 Å². The number of halogens is 3. The Labute approximate surface area is 145 Å². The van der Waals surface area contributed by atoms with Crippen LogP contribution in [0, 0.1) is 16.3 Å². The third-order valence-electron chi connectivity index (χ3n) is 2.97. The number of benzene rings is 1. The van der Waals surface area contributed by atoms with Crippen LogP contribution in [-0.4, -0.2) is 6.54 Å². The van der Waals surface area contributed by atoms with E-state index in [0.717, 1.165) is 26.6 Å². The van der Waals surface area contributed by atoms with E-state index in [2.05, 4.69) is 63.8 Å². The first kappa shape index (κ1) is 16.4. The molecule has 0 aliphatic rings. The molecule has 1 nitrogen and oxygen atoms in total. The molecule has 2 aromatic rings. The van der Waals surface area contributed by atoms with Crippen LogP contribution in [0.1, 0.15) is 34.7 Å². The molecule has 0 amide bonds. The predicted molar refractivity (Wildman–Crippen MR) is 96.0 cm³/mol. The Morgan fingerprint density at radius 2 is 2.15 bits per heavy atom. The lowest BCUT2D eigenvalue weighted by molar-refractivity contribution is 0.595. The molecule has 1 aromatic carbocycles. The second-order valence-corrected chi connectivity index (χ2v) is 7.93. The minimum absolute atomic E-state index is 0.107. The molecule has 0 spiro atoms. The second kappa shape index (κ2) is 7.33. The Morgan fingerprint density at radius 3 is 2.70 bits per heavy atom. The molecule has 0 aliphatic heterocycles. The van der Waals surface area contributed by atoms with E-state index in [1.54, 1.807) is 17.4 Å². The van der Waals surface area contributed by atoms with Gasteiger partial charge in [0, 0.05) is 17.8 Å². The zero-order valence-electron chi connectivity index (χ0n) is 11.3. The summed E-state index contributed by atoms with van der Waals surface area (Å²) in [5.41, 5.74) is 1.13. The summed E-state index contributed by atoms with van der Waals surface area (Å²) in [7, 11) is 0. The molecule has 1 aromatic heterocycles. The first-order valence-electron chi connectivity index (χ1n) is 6.47. The van der Waals surface area contributed by atoms with Gasteiger partial charge in [0.1, 0.15) is 5.82 Å². The molecule has 0 aliphatic carbocycles. The molecule has 1 heterocycles. The van der Waals surface area contributed by atoms with Crippen LogP contribution in [0.15, 0.2) is 28.7 Å². The average molecular weight is 468 g/mol. The lowest BCUT2D eigenvalue weighted by atomic mass is 10.1. The first-order valence-corrected chi connectivity index (χ1v) is 9.16. The number of hydrogen-bond acceptors (Lipinski definition) is 2. The number of rotatable bonds is 5. The molecule has 0 bridgehead atoms. The molecule has 0 saturated carbocycles. The van der Waals surface area contributed by atoms with Crippen molar-refractivity contribution in [3.05, 3.63) is 53.4 Å². The third kappa shape index (κ3) is 3.81. The molecule has 0 fully saturated rings. The SMILES string of the molecule is CCCNC(c1ccc(F)cc1I)c1sc(C)cc1Br. The molecule has 20 heavy (non-hydrogen) atoms. The van der Waals surface area contributed by atoms with Gasteiger partial charge in [0.2, 0.25) is 0 Å². The van der Waals surface area contributed by atoms with Crippen molar-refractivity contribution in [1.82, 2.24) is 5.32 Å². The minimum Gasteiger partial charge on any atom is -0.306 e. The minimum atomic E-state index is -0.186. The fourth-order valence-electron chi connectivity index (χ4n) is 2.07. The molecule has 2 rings (SSSR count). The predicted octanol–water partition coefficient (Wildman–Crippen LogP) is 5.65. The van der Waals surface area contributed by atoms with Gasteiger partial charge in [0.05, 0.1) is 6.04 Å². The quantitative estimate of drug-likeness (QED) is 0.560. The van der Waals surface area contributed by atoms with Crippen LogP contribution in [0.5, 0.6) is 0 Å². The van der Waals surface area contributed by atoms with E-state index in [-0.39, 0.29) is 11.9 Å². The van der Waals surface area contributed by atoms with Crippen LogP contribution in [0.4, 0.5) is 4.39 Å². The smallest absolute Gasteiger partial charge is 0.124 e. The highest BCUT2D eigenvalue weighted by Crippen LogP contribution is 2.37. The summed E-state index contributed by atoms with van der Waals surface area (Å²) in [6.07, 6.45) is 1.07. The molecule has 0 saturated heterocycles. The lowest BCUT2D eigenvalue weighted by Crippen LogP contribution is -2.23. The van der Waals surface area contributed by atoms with Crippen molar-refractivity contribution < 1.29 is 4.39 Å². The van der Waals surface area contributed by atoms with Crippen molar-refractivity contribution in [3.8, 4) is 0 Å². The maximum Gasteiger partial charge on any atom is 0.124 e. The summed E-state index contributed by atoms with van der Waals surface area (Å²) in [6.45, 7) is 5.18. The molecular weight excluding hydrogens is 452 g/mol. The van der Waals surface area contributed by atoms with Crippen molar-refractivity contribution in [2.24, 2.45) is 0 Å². The fourth-order valence-corrected chi connectivity index (χ4v) is 4.83. The Bertz CT molecular complexity index is 600. The largest absolute Gasteiger partial charge is 0.306 e. The zero-order chi connectivity index (χ0) is 14.7. The Kier molecular flexibility index (Phi) is 6.01. The zero-order valence-corrected chi connectivity index (χ0v) is 15.9. The van der Waals surface area contributed by atoms with Crippen molar-refractivity contribution in [2.75, 3.05) is 6.54 Å². The summed E-state index contributed by atoms with van der Waals surface area (Å²) < 4.78 is 15.4. The average Bonchev–Trinajstić information content (AvgIpc) is 2.71. The van der Waals surface area contributed by atoms with E-state index in [1.807, 2.05) is 6.07 Å². The van der Waals surface area contributed by atoms with E-state index in [0.29, 0.717) is 0 Å². The standard InChI is InChI=1S/C15H16BrFINS/c1-3-6-19-14(15-12(16)7-9(2)20-15)11-5-4-10(17)8-13(11)18/h4-5,7-8,14,19H,3,6H2,1-2H3. The van der Waals surface area contributed by atoms with Crippen LogP contribution in [0.2, 0.25) is 0 Å². The molecule has 0 radical (unpaired) electrons. The van der Waals surface area contributed by atoms with Gasteiger partial charge in [-0.15, -0.1) is 11.3 Å². The Morgan fingerprint density at radius 1 is 1.40 bits per heavy atom. The van der Waals surface area contributed by atoms with Gasteiger partial charge in [0.25, 0.3) is 0 Å². The van der Waals surface area contributed by atoms with Crippen LogP contribution in [0.25, 0.3) is 0 Å². The molecular formula is C15H16BrFINS. The van der Waals surface area contributed by atoms with Crippen molar-refractivity contribution >= 4 is 49.9 Å². The van der Waals surface area contributed by atoms with Gasteiger partial charge in [-0.3, -0.25) is 0 Å². The fraction of sp³-hybridized carbons (Fsp3) is 0.333. The van der Waals surface area contributed by atoms with E-state index in [1.165, 1.54) is 15.8 Å². The van der Waals surface area contributed by atoms with Gasteiger partial charge in [0.15, 0.2) is 0 Å².